The molecule has 180 valence electrons. The van der Waals surface area contributed by atoms with Gasteiger partial charge in [-0.2, -0.15) is 11.8 Å². The fraction of sp³-hybridized carbons (Fsp3) is 0.417. The number of piperidine rings is 1. The van der Waals surface area contributed by atoms with E-state index in [0.717, 1.165) is 37.7 Å². The minimum Gasteiger partial charge on any atom is -0.303 e. The molecule has 2 aromatic carbocycles. The van der Waals surface area contributed by atoms with Gasteiger partial charge in [0.05, 0.1) is 15.6 Å². The van der Waals surface area contributed by atoms with E-state index in [4.69, 9.17) is 34.8 Å². The lowest BCUT2D eigenvalue weighted by Crippen LogP contribution is -2.36. The van der Waals surface area contributed by atoms with Crippen molar-refractivity contribution in [2.24, 2.45) is 0 Å². The minimum absolute atomic E-state index is 0.173. The summed E-state index contributed by atoms with van der Waals surface area (Å²) in [5.74, 6) is 0. The fourth-order valence-corrected chi connectivity index (χ4v) is 6.50. The molecule has 0 spiro atoms. The average molecular weight is 548 g/mol. The predicted octanol–water partition coefficient (Wildman–Crippen LogP) is 6.70. The number of terminal acetylenes is 1. The summed E-state index contributed by atoms with van der Waals surface area (Å²) >= 11 is 20.4. The monoisotopic (exact) mass is 546 g/mol. The van der Waals surface area contributed by atoms with Gasteiger partial charge in [0.15, 0.2) is 0 Å². The number of nitrogens with zero attached hydrogens (tertiary/aromatic N) is 2. The number of hydrogen-bond acceptors (Lipinski definition) is 4. The standard InChI is InChI=1S/C22H27Cl3N2O2S2.C2H2/c1-30-19-10-14-26(15-11-19)12-2-3-13-27(22-16-18(24)6-9-21(22)25)31(28,29)20-7-4-17(23)5-8-20;1-2/h4-9,16,19H,2-3,10-15H2,1H3;1-2H. The van der Waals surface area contributed by atoms with Gasteiger partial charge in [-0.25, -0.2) is 8.42 Å². The number of anilines is 1. The Kier molecular flexibility index (Phi) is 11.7. The molecule has 0 radical (unpaired) electrons. The second kappa shape index (κ2) is 13.7. The van der Waals surface area contributed by atoms with Gasteiger partial charge in [-0.15, -0.1) is 12.8 Å². The van der Waals surface area contributed by atoms with E-state index in [2.05, 4.69) is 24.0 Å². The Bertz CT molecular complexity index is 1010. The lowest BCUT2D eigenvalue weighted by atomic mass is 10.1. The van der Waals surface area contributed by atoms with E-state index in [1.807, 2.05) is 11.8 Å². The quantitative estimate of drug-likeness (QED) is 0.259. The smallest absolute Gasteiger partial charge is 0.264 e. The molecule has 0 unspecified atom stereocenters. The molecule has 0 bridgehead atoms. The maximum Gasteiger partial charge on any atom is 0.264 e. The van der Waals surface area contributed by atoms with Crippen LogP contribution < -0.4 is 4.31 Å². The first kappa shape index (κ1) is 28.2. The summed E-state index contributed by atoms with van der Waals surface area (Å²) in [6, 6.07) is 11.1. The molecule has 3 rings (SSSR count). The van der Waals surface area contributed by atoms with E-state index in [9.17, 15) is 8.42 Å². The highest BCUT2D eigenvalue weighted by molar-refractivity contribution is 7.99. The molecule has 0 aromatic heterocycles. The highest BCUT2D eigenvalue weighted by atomic mass is 35.5. The zero-order valence-electron chi connectivity index (χ0n) is 18.6. The summed E-state index contributed by atoms with van der Waals surface area (Å²) in [6.07, 6.45) is 14.2. The largest absolute Gasteiger partial charge is 0.303 e. The summed E-state index contributed by atoms with van der Waals surface area (Å²) in [5.41, 5.74) is 0.393. The van der Waals surface area contributed by atoms with Crippen molar-refractivity contribution < 1.29 is 8.42 Å². The van der Waals surface area contributed by atoms with Crippen LogP contribution in [0.2, 0.25) is 15.1 Å². The number of unbranched alkanes of at least 4 members (excludes halogenated alkanes) is 1. The van der Waals surface area contributed by atoms with E-state index in [-0.39, 0.29) is 4.90 Å². The van der Waals surface area contributed by atoms with Crippen molar-refractivity contribution >= 4 is 62.3 Å². The van der Waals surface area contributed by atoms with Gasteiger partial charge in [-0.1, -0.05) is 34.8 Å². The van der Waals surface area contributed by atoms with Crippen molar-refractivity contribution in [3.05, 3.63) is 57.5 Å². The summed E-state index contributed by atoms with van der Waals surface area (Å²) in [7, 11) is -3.81. The van der Waals surface area contributed by atoms with Crippen molar-refractivity contribution in [3.63, 3.8) is 0 Å². The molecule has 1 saturated heterocycles. The van der Waals surface area contributed by atoms with E-state index < -0.39 is 10.0 Å². The third-order valence-corrected chi connectivity index (χ3v) is 9.30. The van der Waals surface area contributed by atoms with Crippen LogP contribution >= 0.6 is 46.6 Å². The molecule has 4 nitrogen and oxygen atoms in total. The molecule has 0 N–H and O–H groups in total. The van der Waals surface area contributed by atoms with E-state index >= 15 is 0 Å². The number of benzene rings is 2. The zero-order valence-corrected chi connectivity index (χ0v) is 22.5. The zero-order chi connectivity index (χ0) is 24.4. The lowest BCUT2D eigenvalue weighted by Gasteiger charge is -2.31. The second-order valence-corrected chi connectivity index (χ2v) is 11.9. The van der Waals surface area contributed by atoms with Crippen LogP contribution in [-0.2, 0) is 10.0 Å². The summed E-state index contributed by atoms with van der Waals surface area (Å²) in [4.78, 5) is 2.64. The Morgan fingerprint density at radius 2 is 1.61 bits per heavy atom. The molecule has 2 aromatic rings. The Balaban J connectivity index is 0.00000187. The second-order valence-electron chi connectivity index (χ2n) is 7.61. The molecule has 0 atom stereocenters. The Morgan fingerprint density at radius 3 is 2.21 bits per heavy atom. The third kappa shape index (κ3) is 7.99. The predicted molar refractivity (Wildman–Crippen MR) is 145 cm³/mol. The van der Waals surface area contributed by atoms with E-state index in [0.29, 0.717) is 27.3 Å². The first-order valence-electron chi connectivity index (χ1n) is 10.6. The average Bonchev–Trinajstić information content (AvgIpc) is 2.82. The van der Waals surface area contributed by atoms with Gasteiger partial charge in [0.1, 0.15) is 0 Å². The Morgan fingerprint density at radius 1 is 1.00 bits per heavy atom. The Hall–Kier alpha value is -1.07. The highest BCUT2D eigenvalue weighted by Crippen LogP contribution is 2.33. The SMILES string of the molecule is C#C.CSC1CCN(CCCCN(c2cc(Cl)ccc2Cl)S(=O)(=O)c2ccc(Cl)cc2)CC1. The molecule has 0 saturated carbocycles. The van der Waals surface area contributed by atoms with E-state index in [1.165, 1.54) is 29.3 Å². The first-order chi connectivity index (χ1) is 15.8. The topological polar surface area (TPSA) is 40.6 Å². The van der Waals surface area contributed by atoms with Crippen LogP contribution in [0.25, 0.3) is 0 Å². The van der Waals surface area contributed by atoms with Crippen molar-refractivity contribution in [1.82, 2.24) is 4.90 Å². The van der Waals surface area contributed by atoms with Crippen molar-refractivity contribution in [2.45, 2.75) is 35.8 Å². The molecule has 9 heteroatoms. The number of likely N-dealkylation sites (tertiary alicyclic amines) is 1. The van der Waals surface area contributed by atoms with E-state index in [1.54, 1.807) is 30.3 Å². The van der Waals surface area contributed by atoms with Crippen LogP contribution in [0.1, 0.15) is 25.7 Å². The maximum atomic E-state index is 13.4. The molecule has 1 aliphatic heterocycles. The van der Waals surface area contributed by atoms with Gasteiger partial charge in [0, 0.05) is 21.8 Å². The van der Waals surface area contributed by atoms with Crippen LogP contribution in [-0.4, -0.2) is 51.0 Å². The number of thioether (sulfide) groups is 1. The van der Waals surface area contributed by atoms with Crippen LogP contribution in [0.3, 0.4) is 0 Å². The van der Waals surface area contributed by atoms with Gasteiger partial charge in [0.2, 0.25) is 0 Å². The van der Waals surface area contributed by atoms with Crippen LogP contribution in [0.5, 0.6) is 0 Å². The van der Waals surface area contributed by atoms with Gasteiger partial charge in [-0.05, 0) is 94.0 Å². The minimum atomic E-state index is -3.81. The molecule has 0 amide bonds. The highest BCUT2D eigenvalue weighted by Gasteiger charge is 2.27. The number of halogens is 3. The van der Waals surface area contributed by atoms with Crippen LogP contribution in [0.15, 0.2) is 47.4 Å². The Labute approximate surface area is 217 Å². The number of sulfonamides is 1. The lowest BCUT2D eigenvalue weighted by molar-refractivity contribution is 0.229. The van der Waals surface area contributed by atoms with Crippen LogP contribution in [0.4, 0.5) is 5.69 Å². The third-order valence-electron chi connectivity index (χ3n) is 5.53. The number of rotatable bonds is 9. The summed E-state index contributed by atoms with van der Waals surface area (Å²) in [5, 5.41) is 2.03. The normalized spacial score (nSPS) is 15.0. The summed E-state index contributed by atoms with van der Waals surface area (Å²) in [6.45, 7) is 3.52. The molecule has 0 aliphatic carbocycles. The van der Waals surface area contributed by atoms with Crippen molar-refractivity contribution in [3.8, 4) is 12.8 Å². The molecule has 1 fully saturated rings. The molecular weight excluding hydrogens is 519 g/mol. The van der Waals surface area contributed by atoms with Gasteiger partial charge in [-0.3, -0.25) is 4.31 Å². The maximum absolute atomic E-state index is 13.4. The first-order valence-corrected chi connectivity index (χ1v) is 14.5. The van der Waals surface area contributed by atoms with Gasteiger partial charge >= 0.3 is 0 Å². The van der Waals surface area contributed by atoms with Gasteiger partial charge < -0.3 is 4.90 Å². The van der Waals surface area contributed by atoms with Crippen molar-refractivity contribution in [2.75, 3.05) is 36.7 Å². The molecule has 33 heavy (non-hydrogen) atoms. The van der Waals surface area contributed by atoms with Crippen LogP contribution in [0, 0.1) is 12.8 Å². The summed E-state index contributed by atoms with van der Waals surface area (Å²) < 4.78 is 28.2. The molecular formula is C24H29Cl3N2O2S2. The molecule has 1 heterocycles. The van der Waals surface area contributed by atoms with Gasteiger partial charge in [0.25, 0.3) is 10.0 Å². The fourth-order valence-electron chi connectivity index (χ4n) is 3.74. The number of hydrogen-bond donors (Lipinski definition) is 0. The molecule has 1 aliphatic rings. The van der Waals surface area contributed by atoms with Crippen molar-refractivity contribution in [1.29, 1.82) is 0 Å².